The number of carbonyl (C=O) groups excluding carboxylic acids is 3. The number of rotatable bonds is 61. The van der Waals surface area contributed by atoms with E-state index in [4.69, 9.17) is 18.9 Å². The van der Waals surface area contributed by atoms with Gasteiger partial charge in [-0.2, -0.15) is 0 Å². The van der Waals surface area contributed by atoms with Crippen molar-refractivity contribution in [2.75, 3.05) is 47.5 Å². The van der Waals surface area contributed by atoms with Crippen LogP contribution in [0.25, 0.3) is 0 Å². The lowest BCUT2D eigenvalue weighted by Gasteiger charge is -2.26. The van der Waals surface area contributed by atoms with Gasteiger partial charge in [-0.15, -0.1) is 0 Å². The van der Waals surface area contributed by atoms with Gasteiger partial charge >= 0.3 is 11.9 Å². The van der Waals surface area contributed by atoms with Crippen LogP contribution < -0.4 is 5.11 Å². The lowest BCUT2D eigenvalue weighted by molar-refractivity contribution is -0.870. The van der Waals surface area contributed by atoms with Gasteiger partial charge < -0.3 is 33.3 Å². The van der Waals surface area contributed by atoms with E-state index in [0.29, 0.717) is 23.9 Å². The summed E-state index contributed by atoms with van der Waals surface area (Å²) in [5.74, 6) is -2.27. The van der Waals surface area contributed by atoms with Crippen LogP contribution in [0.15, 0.2) is 48.6 Å². The lowest BCUT2D eigenvalue weighted by atomic mass is 10.0. The third-order valence-electron chi connectivity index (χ3n) is 14.5. The van der Waals surface area contributed by atoms with Crippen LogP contribution in [-0.2, 0) is 33.3 Å². The van der Waals surface area contributed by atoms with Crippen LogP contribution in [0.1, 0.15) is 309 Å². The zero-order valence-electron chi connectivity index (χ0n) is 51.3. The summed E-state index contributed by atoms with van der Waals surface area (Å²) in [7, 11) is 5.93. The molecule has 2 atom stereocenters. The van der Waals surface area contributed by atoms with Gasteiger partial charge in [0.2, 0.25) is 0 Å². The van der Waals surface area contributed by atoms with Gasteiger partial charge in [-0.1, -0.05) is 268 Å². The van der Waals surface area contributed by atoms with Crippen molar-refractivity contribution in [2.24, 2.45) is 0 Å². The van der Waals surface area contributed by atoms with Crippen LogP contribution in [0.4, 0.5) is 0 Å². The molecule has 2 unspecified atom stereocenters. The molecule has 0 aromatic heterocycles. The molecule has 0 bridgehead atoms. The Morgan fingerprint density at radius 2 is 0.701 bits per heavy atom. The van der Waals surface area contributed by atoms with Crippen molar-refractivity contribution in [3.05, 3.63) is 48.6 Å². The number of nitrogens with zero attached hydrogens (tertiary/aromatic N) is 1. The quantitative estimate of drug-likeness (QED) is 0.0195. The molecule has 0 aliphatic carbocycles. The van der Waals surface area contributed by atoms with E-state index in [2.05, 4.69) is 62.5 Å². The zero-order chi connectivity index (χ0) is 56.2. The number of allylic oxidation sites excluding steroid dienone is 8. The highest BCUT2D eigenvalue weighted by Gasteiger charge is 2.22. The molecule has 0 aliphatic heterocycles. The Hall–Kier alpha value is -2.75. The third-order valence-corrected chi connectivity index (χ3v) is 14.5. The Morgan fingerprint density at radius 3 is 1.03 bits per heavy atom. The molecule has 9 heteroatoms. The first-order chi connectivity index (χ1) is 37.6. The third kappa shape index (κ3) is 60.7. The van der Waals surface area contributed by atoms with Gasteiger partial charge in [-0.05, 0) is 77.0 Å². The zero-order valence-corrected chi connectivity index (χ0v) is 51.3. The summed E-state index contributed by atoms with van der Waals surface area (Å²) in [6, 6.07) is 0. The largest absolute Gasteiger partial charge is 0.545 e. The average molecular weight is 1080 g/mol. The number of unbranched alkanes of at least 4 members (excludes halogenated alkanes) is 38. The van der Waals surface area contributed by atoms with Crippen LogP contribution in [0, 0.1) is 0 Å². The Balaban J connectivity index is 4.14. The summed E-state index contributed by atoms with van der Waals surface area (Å²) < 4.78 is 22.8. The molecular weight excluding hydrogens is 959 g/mol. The topological polar surface area (TPSA) is 111 Å². The van der Waals surface area contributed by atoms with Crippen LogP contribution in [0.3, 0.4) is 0 Å². The first-order valence-electron chi connectivity index (χ1n) is 32.8. The molecule has 0 amide bonds. The smallest absolute Gasteiger partial charge is 0.306 e. The highest BCUT2D eigenvalue weighted by atomic mass is 16.7. The maximum absolute atomic E-state index is 12.9. The summed E-state index contributed by atoms with van der Waals surface area (Å²) >= 11 is 0. The molecule has 0 N–H and O–H groups in total. The molecule has 0 saturated carbocycles. The predicted octanol–water partition coefficient (Wildman–Crippen LogP) is 18.5. The maximum atomic E-state index is 12.9. The minimum atomic E-state index is -1.62. The predicted molar refractivity (Wildman–Crippen MR) is 325 cm³/mol. The van der Waals surface area contributed by atoms with Gasteiger partial charge in [-0.3, -0.25) is 9.59 Å². The second-order valence-electron chi connectivity index (χ2n) is 23.4. The number of ether oxygens (including phenoxy) is 4. The van der Waals surface area contributed by atoms with Crippen LogP contribution in [0.2, 0.25) is 0 Å². The molecule has 0 heterocycles. The Labute approximate surface area is 476 Å². The number of quaternary nitrogens is 1. The van der Waals surface area contributed by atoms with E-state index in [1.165, 1.54) is 231 Å². The normalized spacial score (nSPS) is 13.0. The number of carbonyl (C=O) groups is 3. The molecule has 450 valence electrons. The first kappa shape index (κ1) is 74.2. The standard InChI is InChI=1S/C68H125NO8/c1-6-8-10-12-14-16-18-20-22-24-26-28-30-32-33-35-37-39-41-43-45-47-49-51-53-55-57-59-66(71)77-64(63-76-68(67(72)73)74-61-60-69(3,4)5)62-75-65(70)58-56-54-52-50-48-46-44-42-40-38-36-34-31-29-27-25-23-21-19-17-15-13-11-9-7-2/h18-21,24-27,64,68H,6-17,22-23,28-63H2,1-5H3/b20-18-,21-19-,26-24-,27-25-. The minimum absolute atomic E-state index is 0.148. The summed E-state index contributed by atoms with van der Waals surface area (Å²) in [6.07, 6.45) is 71.7. The molecule has 0 rings (SSSR count). The summed E-state index contributed by atoms with van der Waals surface area (Å²) in [6.45, 7) is 4.77. The number of carboxylic acids is 1. The fraction of sp³-hybridized carbons (Fsp3) is 0.838. The lowest BCUT2D eigenvalue weighted by Crippen LogP contribution is -2.44. The van der Waals surface area contributed by atoms with Crippen molar-refractivity contribution in [1.82, 2.24) is 0 Å². The van der Waals surface area contributed by atoms with Gasteiger partial charge in [0, 0.05) is 12.8 Å². The van der Waals surface area contributed by atoms with Crippen molar-refractivity contribution < 1.29 is 42.9 Å². The van der Waals surface area contributed by atoms with Crippen LogP contribution in [0.5, 0.6) is 0 Å². The highest BCUT2D eigenvalue weighted by Crippen LogP contribution is 2.17. The number of esters is 2. The van der Waals surface area contributed by atoms with E-state index in [1.54, 1.807) is 0 Å². The SMILES string of the molecule is CCCCCCC/C=C\C/C=C\CCCCCCCCCCCCCCCCCC(=O)OC(COC(=O)CCCCCCCCCCCCCCC/C=C\C/C=C\CCCCCCC)COC(OCC[N+](C)(C)C)C(=O)[O-]. The second kappa shape index (κ2) is 59.4. The van der Waals surface area contributed by atoms with Gasteiger partial charge in [0.05, 0.1) is 40.3 Å². The minimum Gasteiger partial charge on any atom is -0.545 e. The summed E-state index contributed by atoms with van der Waals surface area (Å²) in [5, 5.41) is 11.8. The molecule has 0 aromatic rings. The molecule has 0 aliphatic rings. The molecular formula is C68H125NO8. The summed E-state index contributed by atoms with van der Waals surface area (Å²) in [4.78, 5) is 37.4. The van der Waals surface area contributed by atoms with Gasteiger partial charge in [0.1, 0.15) is 13.2 Å². The fourth-order valence-corrected chi connectivity index (χ4v) is 9.48. The van der Waals surface area contributed by atoms with Gasteiger partial charge in [0.25, 0.3) is 0 Å². The monoisotopic (exact) mass is 1080 g/mol. The van der Waals surface area contributed by atoms with Crippen LogP contribution in [-0.4, -0.2) is 82.3 Å². The number of aliphatic carboxylic acids is 1. The van der Waals surface area contributed by atoms with E-state index in [-0.39, 0.29) is 32.2 Å². The fourth-order valence-electron chi connectivity index (χ4n) is 9.48. The molecule has 9 nitrogen and oxygen atoms in total. The molecule has 77 heavy (non-hydrogen) atoms. The summed E-state index contributed by atoms with van der Waals surface area (Å²) in [5.41, 5.74) is 0. The van der Waals surface area contributed by atoms with E-state index in [9.17, 15) is 19.5 Å². The molecule has 0 fully saturated rings. The molecule has 0 aromatic carbocycles. The average Bonchev–Trinajstić information content (AvgIpc) is 3.40. The van der Waals surface area contributed by atoms with E-state index >= 15 is 0 Å². The van der Waals surface area contributed by atoms with E-state index in [1.807, 2.05) is 21.1 Å². The van der Waals surface area contributed by atoms with Crippen molar-refractivity contribution >= 4 is 17.9 Å². The van der Waals surface area contributed by atoms with Crippen LogP contribution >= 0.6 is 0 Å². The van der Waals surface area contributed by atoms with Gasteiger partial charge in [-0.25, -0.2) is 0 Å². The molecule has 0 radical (unpaired) electrons. The van der Waals surface area contributed by atoms with Crippen molar-refractivity contribution in [3.63, 3.8) is 0 Å². The van der Waals surface area contributed by atoms with E-state index in [0.717, 1.165) is 44.9 Å². The number of likely N-dealkylation sites (N-methyl/N-ethyl adjacent to an activating group) is 1. The Bertz CT molecular complexity index is 1400. The molecule has 0 spiro atoms. The van der Waals surface area contributed by atoms with Crippen molar-refractivity contribution in [2.45, 2.75) is 322 Å². The highest BCUT2D eigenvalue weighted by molar-refractivity contribution is 5.70. The Kier molecular flexibility index (Phi) is 57.3. The maximum Gasteiger partial charge on any atom is 0.306 e. The second-order valence-corrected chi connectivity index (χ2v) is 23.4. The Morgan fingerprint density at radius 1 is 0.390 bits per heavy atom. The van der Waals surface area contributed by atoms with Crippen molar-refractivity contribution in [3.8, 4) is 0 Å². The first-order valence-corrected chi connectivity index (χ1v) is 32.8. The number of hydrogen-bond donors (Lipinski definition) is 0. The van der Waals surface area contributed by atoms with Crippen molar-refractivity contribution in [1.29, 1.82) is 0 Å². The van der Waals surface area contributed by atoms with Gasteiger partial charge in [0.15, 0.2) is 12.4 Å². The number of hydrogen-bond acceptors (Lipinski definition) is 8. The number of carboxylic acid groups (broad SMARTS) is 1. The van der Waals surface area contributed by atoms with E-state index < -0.39 is 24.3 Å². The molecule has 0 saturated heterocycles.